The number of hydrogen-bond acceptors (Lipinski definition) is 5. The van der Waals surface area contributed by atoms with E-state index in [1.54, 1.807) is 6.07 Å². The van der Waals surface area contributed by atoms with E-state index in [1.165, 1.54) is 24.3 Å². The molecule has 0 aromatic heterocycles. The quantitative estimate of drug-likeness (QED) is 0.712. The minimum atomic E-state index is -5.31. The standard InChI is InChI=1S/C10H9ClF3NO4/c12-10(13,14)8(16)9(15,19-11(17)18)6-7-4-2-1-3-5-7/h1-5H,6,15H2. The molecule has 9 heteroatoms. The molecule has 1 aromatic rings. The van der Waals surface area contributed by atoms with Gasteiger partial charge in [0.05, 0.1) is 0 Å². The van der Waals surface area contributed by atoms with Crippen molar-refractivity contribution in [2.24, 2.45) is 5.73 Å². The number of carbonyl (C=O) groups excluding carboxylic acids is 1. The first kappa shape index (κ1) is 15.9. The lowest BCUT2D eigenvalue weighted by molar-refractivity contribution is -1.63. The van der Waals surface area contributed by atoms with E-state index in [-0.39, 0.29) is 5.56 Å². The van der Waals surface area contributed by atoms with Crippen LogP contribution in [0.15, 0.2) is 30.3 Å². The van der Waals surface area contributed by atoms with Crippen molar-refractivity contribution < 1.29 is 42.4 Å². The monoisotopic (exact) mass is 299 g/mol. The predicted octanol–water partition coefficient (Wildman–Crippen LogP) is -0.882. The molecule has 106 valence electrons. The number of benzene rings is 1. The molecule has 0 fully saturated rings. The van der Waals surface area contributed by atoms with Crippen LogP contribution in [0.25, 0.3) is 0 Å². The molecule has 1 aromatic carbocycles. The molecule has 1 rings (SSSR count). The van der Waals surface area contributed by atoms with E-state index in [0.717, 1.165) is 0 Å². The Morgan fingerprint density at radius 2 is 1.79 bits per heavy atom. The normalized spacial score (nSPS) is 15.3. The summed E-state index contributed by atoms with van der Waals surface area (Å²) in [7, 11) is -3.01. The minimum absolute atomic E-state index is 0.224. The van der Waals surface area contributed by atoms with E-state index in [1.807, 2.05) is 0 Å². The summed E-state index contributed by atoms with van der Waals surface area (Å²) in [5.41, 5.74) is 2.37. The Morgan fingerprint density at radius 1 is 1.26 bits per heavy atom. The highest BCUT2D eigenvalue weighted by Gasteiger charge is 2.58. The van der Waals surface area contributed by atoms with Crippen molar-refractivity contribution in [2.45, 2.75) is 18.3 Å². The third-order valence-corrected chi connectivity index (χ3v) is 2.55. The lowest BCUT2D eigenvalue weighted by Crippen LogP contribution is -2.60. The van der Waals surface area contributed by atoms with Crippen molar-refractivity contribution >= 4 is 5.78 Å². The van der Waals surface area contributed by atoms with Crippen LogP contribution >= 0.6 is 0 Å². The van der Waals surface area contributed by atoms with Gasteiger partial charge in [0.2, 0.25) is 0 Å². The summed E-state index contributed by atoms with van der Waals surface area (Å²) in [6.07, 6.45) is -6.04. The molecule has 0 aliphatic heterocycles. The molecule has 0 amide bonds. The Kier molecular flexibility index (Phi) is 4.88. The Morgan fingerprint density at radius 3 is 2.21 bits per heavy atom. The summed E-state index contributed by atoms with van der Waals surface area (Å²) in [5, 5.41) is 0. The number of alkyl halides is 3. The first-order chi connectivity index (χ1) is 8.65. The van der Waals surface area contributed by atoms with Crippen LogP contribution < -0.4 is 15.1 Å². The van der Waals surface area contributed by atoms with E-state index in [0.29, 0.717) is 0 Å². The number of Topliss-reactive ketones (excluding diaryl/α,β-unsaturated/α-hetero) is 1. The molecule has 19 heavy (non-hydrogen) atoms. The van der Waals surface area contributed by atoms with Gasteiger partial charge in [0.15, 0.2) is 0 Å². The van der Waals surface area contributed by atoms with Crippen molar-refractivity contribution in [3.63, 3.8) is 0 Å². The van der Waals surface area contributed by atoms with E-state index in [9.17, 15) is 27.3 Å². The predicted molar refractivity (Wildman–Crippen MR) is 49.2 cm³/mol. The Bertz CT molecular complexity index is 440. The molecule has 0 aliphatic rings. The van der Waals surface area contributed by atoms with Gasteiger partial charge < -0.3 is 9.32 Å². The largest absolute Gasteiger partial charge is 0.455 e. The van der Waals surface area contributed by atoms with Crippen LogP contribution in [0.2, 0.25) is 0 Å². The topological polar surface area (TPSA) is 98.4 Å². The molecule has 0 saturated carbocycles. The number of nitrogens with two attached hydrogens (primary N) is 1. The highest BCUT2D eigenvalue weighted by molar-refractivity contribution is 5.91. The number of rotatable bonds is 5. The van der Waals surface area contributed by atoms with Crippen LogP contribution in [0.5, 0.6) is 0 Å². The molecule has 0 saturated heterocycles. The van der Waals surface area contributed by atoms with Gasteiger partial charge in [0, 0.05) is 10.7 Å². The summed E-state index contributed by atoms with van der Waals surface area (Å²) in [6.45, 7) is 0. The van der Waals surface area contributed by atoms with Crippen LogP contribution in [-0.4, -0.2) is 17.7 Å². The minimum Gasteiger partial charge on any atom is -0.320 e. The van der Waals surface area contributed by atoms with Gasteiger partial charge in [-0.2, -0.15) is 13.2 Å². The summed E-state index contributed by atoms with van der Waals surface area (Å²) >= 11 is 0. The number of ketones is 1. The number of halogens is 4. The van der Waals surface area contributed by atoms with Crippen LogP contribution in [0, 0.1) is 10.8 Å². The van der Waals surface area contributed by atoms with Gasteiger partial charge in [-0.05, 0) is 5.56 Å². The van der Waals surface area contributed by atoms with Crippen molar-refractivity contribution in [2.75, 3.05) is 0 Å². The average Bonchev–Trinajstić information content (AvgIpc) is 2.27. The van der Waals surface area contributed by atoms with Crippen LogP contribution in [-0.2, 0) is 15.5 Å². The van der Waals surface area contributed by atoms with E-state index in [2.05, 4.69) is 4.29 Å². The smallest absolute Gasteiger partial charge is 0.320 e. The Balaban J connectivity index is 3.03. The zero-order chi connectivity index (χ0) is 14.7. The fraction of sp³-hybridized carbons (Fsp3) is 0.300. The molecule has 0 radical (unpaired) electrons. The molecule has 2 N–H and O–H groups in total. The molecular weight excluding hydrogens is 291 g/mol. The van der Waals surface area contributed by atoms with Crippen molar-refractivity contribution in [1.82, 2.24) is 0 Å². The Labute approximate surface area is 109 Å². The van der Waals surface area contributed by atoms with Crippen molar-refractivity contribution in [1.29, 1.82) is 0 Å². The van der Waals surface area contributed by atoms with E-state index >= 15 is 0 Å². The fourth-order valence-electron chi connectivity index (χ4n) is 1.39. The third kappa shape index (κ3) is 4.44. The van der Waals surface area contributed by atoms with Gasteiger partial charge in [-0.3, -0.25) is 10.5 Å². The van der Waals surface area contributed by atoms with Crippen molar-refractivity contribution in [3.8, 4) is 0 Å². The van der Waals surface area contributed by atoms with E-state index < -0.39 is 34.9 Å². The first-order valence-electron chi connectivity index (χ1n) is 4.84. The summed E-state index contributed by atoms with van der Waals surface area (Å²) < 4.78 is 61.8. The molecule has 0 aliphatic carbocycles. The first-order valence-corrected chi connectivity index (χ1v) is 5.77. The number of hydrogen-bond donors (Lipinski definition) is 1. The molecule has 5 nitrogen and oxygen atoms in total. The molecular formula is C10H9ClF3NO4. The van der Waals surface area contributed by atoms with Gasteiger partial charge in [-0.25, -0.2) is 0 Å². The maximum atomic E-state index is 12.4. The lowest BCUT2D eigenvalue weighted by Gasteiger charge is -2.21. The molecule has 1 unspecified atom stereocenters. The average molecular weight is 300 g/mol. The van der Waals surface area contributed by atoms with Crippen LogP contribution in [0.3, 0.4) is 0 Å². The van der Waals surface area contributed by atoms with E-state index in [4.69, 9.17) is 5.73 Å². The van der Waals surface area contributed by atoms with Gasteiger partial charge >= 0.3 is 11.9 Å². The lowest BCUT2D eigenvalue weighted by atomic mass is 9.99. The summed E-state index contributed by atoms with van der Waals surface area (Å²) in [6, 6.07) is 7.37. The highest BCUT2D eigenvalue weighted by atomic mass is 35.6. The van der Waals surface area contributed by atoms with Gasteiger partial charge in [0.25, 0.3) is 16.6 Å². The zero-order valence-corrected chi connectivity index (χ0v) is 10.1. The third-order valence-electron chi connectivity index (χ3n) is 2.15. The Hall–Kier alpha value is -1.19. The van der Waals surface area contributed by atoms with Gasteiger partial charge in [-0.1, -0.05) is 30.3 Å². The molecule has 1 atom stereocenters. The highest BCUT2D eigenvalue weighted by Crippen LogP contribution is 2.26. The SMILES string of the molecule is NC(Cc1ccccc1)(O[Cl+2]([O-])[O-])C(=O)C(F)(F)F. The summed E-state index contributed by atoms with van der Waals surface area (Å²) in [5.74, 6) is -2.47. The van der Waals surface area contributed by atoms with Gasteiger partial charge in [-0.15, -0.1) is 0 Å². The van der Waals surface area contributed by atoms with Crippen LogP contribution in [0.4, 0.5) is 13.2 Å². The molecule has 0 spiro atoms. The fourth-order valence-corrected chi connectivity index (χ4v) is 1.74. The molecule has 0 heterocycles. The maximum Gasteiger partial charge on any atom is 0.455 e. The van der Waals surface area contributed by atoms with Crippen molar-refractivity contribution in [3.05, 3.63) is 35.9 Å². The van der Waals surface area contributed by atoms with Crippen LogP contribution in [0.1, 0.15) is 5.56 Å². The summed E-state index contributed by atoms with van der Waals surface area (Å²) in [4.78, 5) is 11.2. The second-order valence-electron chi connectivity index (χ2n) is 3.64. The second kappa shape index (κ2) is 5.85. The molecule has 0 bridgehead atoms. The number of carbonyl (C=O) groups is 1. The maximum absolute atomic E-state index is 12.4. The second-order valence-corrected chi connectivity index (χ2v) is 4.18. The van der Waals surface area contributed by atoms with Gasteiger partial charge in [0.1, 0.15) is 0 Å². The zero-order valence-electron chi connectivity index (χ0n) is 9.32.